The van der Waals surface area contributed by atoms with Crippen LogP contribution in [0.5, 0.6) is 0 Å². The van der Waals surface area contributed by atoms with Crippen molar-refractivity contribution in [2.75, 3.05) is 20.2 Å². The molecule has 1 aromatic heterocycles. The van der Waals surface area contributed by atoms with Crippen LogP contribution in [-0.4, -0.2) is 64.4 Å². The highest BCUT2D eigenvalue weighted by molar-refractivity contribution is 6.21. The molecule has 27 heavy (non-hydrogen) atoms. The number of fused-ring (bicyclic) bond motifs is 3. The Labute approximate surface area is 156 Å². The highest BCUT2D eigenvalue weighted by Gasteiger charge is 2.54. The Morgan fingerprint density at radius 2 is 2.11 bits per heavy atom. The van der Waals surface area contributed by atoms with E-state index in [0.29, 0.717) is 18.3 Å². The van der Waals surface area contributed by atoms with Gasteiger partial charge in [0.2, 0.25) is 17.8 Å². The second-order valence-electron chi connectivity index (χ2n) is 7.19. The van der Waals surface area contributed by atoms with E-state index >= 15 is 0 Å². The summed E-state index contributed by atoms with van der Waals surface area (Å²) in [4.78, 5) is 43.7. The largest absolute Gasteiger partial charge is 0.402 e. The van der Waals surface area contributed by atoms with Crippen molar-refractivity contribution >= 4 is 29.6 Å². The molecular weight excluding hydrogens is 352 g/mol. The first-order valence-corrected chi connectivity index (χ1v) is 9.00. The van der Waals surface area contributed by atoms with Crippen LogP contribution < -0.4 is 10.3 Å². The second kappa shape index (κ2) is 6.15. The maximum Gasteiger partial charge on any atom is 0.402 e. The average molecular weight is 375 g/mol. The molecule has 0 radical (unpaired) electrons. The van der Waals surface area contributed by atoms with Crippen LogP contribution in [0.3, 0.4) is 0 Å². The SMILES string of the molecule is Cc1c(C)[n+](CC2CCCO2)c2n1C1C(=O)N(CC(N)=O)C(=O)N(C)C1=N2. The molecule has 2 atom stereocenters. The van der Waals surface area contributed by atoms with Crippen LogP contribution in [0.1, 0.15) is 30.3 Å². The van der Waals surface area contributed by atoms with Gasteiger partial charge in [-0.05, 0) is 26.7 Å². The molecule has 0 aliphatic carbocycles. The number of likely N-dealkylation sites (N-methyl/N-ethyl adjacent to an activating group) is 1. The number of rotatable bonds is 4. The summed E-state index contributed by atoms with van der Waals surface area (Å²) in [7, 11) is 1.55. The number of primary amides is 1. The summed E-state index contributed by atoms with van der Waals surface area (Å²) < 4.78 is 9.62. The molecule has 0 spiro atoms. The Balaban J connectivity index is 1.77. The number of aliphatic imine (C=N–C) groups is 1. The van der Waals surface area contributed by atoms with Gasteiger partial charge in [0.05, 0.1) is 12.6 Å². The molecular formula is C17H23N6O4+. The van der Waals surface area contributed by atoms with Gasteiger partial charge in [-0.3, -0.25) is 19.4 Å². The zero-order valence-electron chi connectivity index (χ0n) is 15.6. The number of nitrogens with two attached hydrogens (primary N) is 1. The quantitative estimate of drug-likeness (QED) is 0.717. The van der Waals surface area contributed by atoms with E-state index in [0.717, 1.165) is 35.7 Å². The smallest absolute Gasteiger partial charge is 0.375 e. The summed E-state index contributed by atoms with van der Waals surface area (Å²) in [5.74, 6) is -0.242. The zero-order chi connectivity index (χ0) is 19.5. The molecule has 10 heteroatoms. The third-order valence-corrected chi connectivity index (χ3v) is 5.55. The van der Waals surface area contributed by atoms with Gasteiger partial charge in [0.1, 0.15) is 17.9 Å². The van der Waals surface area contributed by atoms with Crippen LogP contribution in [0.2, 0.25) is 0 Å². The second-order valence-corrected chi connectivity index (χ2v) is 7.19. The van der Waals surface area contributed by atoms with Crippen LogP contribution in [0.25, 0.3) is 0 Å². The number of urea groups is 1. The number of amides is 4. The fraction of sp³-hybridized carbons (Fsp3) is 0.588. The molecule has 2 saturated heterocycles. The van der Waals surface area contributed by atoms with Crippen LogP contribution in [0, 0.1) is 13.8 Å². The maximum absolute atomic E-state index is 13.0. The number of carbonyl (C=O) groups is 3. The predicted molar refractivity (Wildman–Crippen MR) is 93.3 cm³/mol. The molecule has 0 bridgehead atoms. The topological polar surface area (TPSA) is 114 Å². The van der Waals surface area contributed by atoms with E-state index in [2.05, 4.69) is 4.99 Å². The molecule has 4 amide bonds. The van der Waals surface area contributed by atoms with E-state index in [1.807, 2.05) is 23.0 Å². The summed E-state index contributed by atoms with van der Waals surface area (Å²) in [6.45, 7) is 4.86. The molecule has 4 rings (SSSR count). The van der Waals surface area contributed by atoms with Crippen molar-refractivity contribution < 1.29 is 23.7 Å². The Morgan fingerprint density at radius 3 is 2.74 bits per heavy atom. The summed E-state index contributed by atoms with van der Waals surface area (Å²) in [6, 6.07) is -1.37. The average Bonchev–Trinajstić information content (AvgIpc) is 3.31. The molecule has 4 heterocycles. The van der Waals surface area contributed by atoms with Crippen LogP contribution in [0.15, 0.2) is 4.99 Å². The standard InChI is InChI=1S/C17H22N6O4/c1-9-10(2)23-13-14(19-16(23)21(9)7-11-5-4-6-27-11)20(3)17(26)22(15(13)25)8-12(18)24/h11,13H,4-8H2,1-3H3,(H-,18,24)/p+1. The number of aromatic nitrogens is 2. The zero-order valence-corrected chi connectivity index (χ0v) is 15.6. The summed E-state index contributed by atoms with van der Waals surface area (Å²) >= 11 is 0. The number of imidazole rings is 1. The fourth-order valence-corrected chi connectivity index (χ4v) is 4.01. The van der Waals surface area contributed by atoms with Crippen molar-refractivity contribution in [3.63, 3.8) is 0 Å². The minimum atomic E-state index is -0.772. The first kappa shape index (κ1) is 17.7. The lowest BCUT2D eigenvalue weighted by Gasteiger charge is -2.32. The van der Waals surface area contributed by atoms with E-state index < -0.39 is 30.4 Å². The van der Waals surface area contributed by atoms with Gasteiger partial charge in [-0.2, -0.15) is 0 Å². The molecule has 2 unspecified atom stereocenters. The van der Waals surface area contributed by atoms with Gasteiger partial charge in [-0.1, -0.05) is 4.99 Å². The van der Waals surface area contributed by atoms with Crippen LogP contribution >= 0.6 is 0 Å². The summed E-state index contributed by atoms with van der Waals surface area (Å²) in [6.07, 6.45) is 2.14. The normalized spacial score (nSPS) is 24.3. The molecule has 2 N–H and O–H groups in total. The van der Waals surface area contributed by atoms with Crippen molar-refractivity contribution in [1.82, 2.24) is 14.4 Å². The van der Waals surface area contributed by atoms with Gasteiger partial charge in [0.15, 0.2) is 0 Å². The number of imide groups is 1. The monoisotopic (exact) mass is 375 g/mol. The highest BCUT2D eigenvalue weighted by atomic mass is 16.5. The third kappa shape index (κ3) is 2.54. The van der Waals surface area contributed by atoms with Gasteiger partial charge in [-0.15, -0.1) is 0 Å². The lowest BCUT2D eigenvalue weighted by molar-refractivity contribution is -0.695. The van der Waals surface area contributed by atoms with Crippen LogP contribution in [-0.2, 0) is 20.9 Å². The molecule has 144 valence electrons. The van der Waals surface area contributed by atoms with Gasteiger partial charge in [-0.25, -0.2) is 13.9 Å². The van der Waals surface area contributed by atoms with E-state index in [-0.39, 0.29) is 6.10 Å². The van der Waals surface area contributed by atoms with E-state index in [4.69, 9.17) is 10.5 Å². The Bertz CT molecular complexity index is 882. The molecule has 0 saturated carbocycles. The molecule has 10 nitrogen and oxygen atoms in total. The number of ether oxygens (including phenoxy) is 1. The number of amidine groups is 1. The minimum absolute atomic E-state index is 0.115. The number of hydrogen-bond acceptors (Lipinski definition) is 5. The third-order valence-electron chi connectivity index (χ3n) is 5.55. The van der Waals surface area contributed by atoms with E-state index in [1.165, 1.54) is 4.90 Å². The minimum Gasteiger partial charge on any atom is -0.375 e. The Kier molecular flexibility index (Phi) is 4.02. The Morgan fingerprint density at radius 1 is 1.37 bits per heavy atom. The Hall–Kier alpha value is -2.75. The molecule has 2 fully saturated rings. The van der Waals surface area contributed by atoms with Gasteiger partial charge in [0.25, 0.3) is 5.91 Å². The number of carbonyl (C=O) groups excluding carboxylic acids is 3. The number of hydrogen-bond donors (Lipinski definition) is 1. The van der Waals surface area contributed by atoms with E-state index in [1.54, 1.807) is 7.05 Å². The highest BCUT2D eigenvalue weighted by Crippen LogP contribution is 2.35. The first-order valence-electron chi connectivity index (χ1n) is 9.00. The summed E-state index contributed by atoms with van der Waals surface area (Å²) in [5.41, 5.74) is 7.10. The van der Waals surface area contributed by atoms with Crippen LogP contribution in [0.4, 0.5) is 10.7 Å². The number of nitrogens with zero attached hydrogens (tertiary/aromatic N) is 5. The maximum atomic E-state index is 13.0. The molecule has 3 aliphatic rings. The van der Waals surface area contributed by atoms with Crippen molar-refractivity contribution in [2.45, 2.75) is 45.4 Å². The molecule has 3 aliphatic heterocycles. The predicted octanol–water partition coefficient (Wildman–Crippen LogP) is -0.465. The van der Waals surface area contributed by atoms with Crippen molar-refractivity contribution in [2.24, 2.45) is 10.7 Å². The van der Waals surface area contributed by atoms with Crippen molar-refractivity contribution in [3.05, 3.63) is 11.4 Å². The lowest BCUT2D eigenvalue weighted by Crippen LogP contribution is -2.59. The molecule has 0 aromatic carbocycles. The van der Waals surface area contributed by atoms with E-state index in [9.17, 15) is 14.4 Å². The van der Waals surface area contributed by atoms with Crippen molar-refractivity contribution in [1.29, 1.82) is 0 Å². The first-order chi connectivity index (χ1) is 12.8. The van der Waals surface area contributed by atoms with Gasteiger partial charge >= 0.3 is 12.0 Å². The van der Waals surface area contributed by atoms with Gasteiger partial charge < -0.3 is 10.5 Å². The fourth-order valence-electron chi connectivity index (χ4n) is 4.01. The lowest BCUT2D eigenvalue weighted by atomic mass is 10.1. The summed E-state index contributed by atoms with van der Waals surface area (Å²) in [5, 5.41) is 0. The van der Waals surface area contributed by atoms with Gasteiger partial charge in [0, 0.05) is 13.7 Å². The molecule has 1 aromatic rings. The van der Waals surface area contributed by atoms with Crippen molar-refractivity contribution in [3.8, 4) is 0 Å².